The van der Waals surface area contributed by atoms with Gasteiger partial charge in [0.25, 0.3) is 11.5 Å². The average molecular weight is 535 g/mol. The number of fused-ring (bicyclic) bond motifs is 1. The van der Waals surface area contributed by atoms with Crippen molar-refractivity contribution in [3.05, 3.63) is 69.4 Å². The summed E-state index contributed by atoms with van der Waals surface area (Å²) >= 11 is 0. The molecule has 1 saturated carbocycles. The van der Waals surface area contributed by atoms with Gasteiger partial charge in [-0.3, -0.25) is 14.5 Å². The summed E-state index contributed by atoms with van der Waals surface area (Å²) < 4.78 is 16.7. The van der Waals surface area contributed by atoms with Gasteiger partial charge in [0.1, 0.15) is 5.82 Å². The van der Waals surface area contributed by atoms with Gasteiger partial charge in [0.2, 0.25) is 0 Å². The quantitative estimate of drug-likeness (QED) is 0.406. The van der Waals surface area contributed by atoms with Crippen molar-refractivity contribution in [2.45, 2.75) is 71.6 Å². The number of nitrogens with zero attached hydrogens (tertiary/aromatic N) is 2. The van der Waals surface area contributed by atoms with Gasteiger partial charge in [0, 0.05) is 60.9 Å². The number of piperidine rings is 1. The lowest BCUT2D eigenvalue weighted by molar-refractivity contribution is 0.0950. The number of carbonyl (C=O) groups excluding carboxylic acids is 1. The second kappa shape index (κ2) is 10.8. The number of carbonyl (C=O) groups is 1. The van der Waals surface area contributed by atoms with Crippen LogP contribution in [0.3, 0.4) is 0 Å². The number of hydrogen-bond donors (Lipinski definition) is 3. The SMILES string of the molecule is Cc1c(F)cc(C(=O)NC2CC2)cc1-c1ccc2c(=O)n(CC(C)(C)CO)cc(CN3CCCC(N)C3)c2c1. The molecule has 1 amide bonds. The molecule has 3 aromatic rings. The number of benzene rings is 2. The van der Waals surface area contributed by atoms with E-state index in [1.807, 2.05) is 32.2 Å². The number of nitrogens with one attached hydrogen (secondary N) is 1. The lowest BCUT2D eigenvalue weighted by Crippen LogP contribution is -2.42. The first kappa shape index (κ1) is 27.5. The summed E-state index contributed by atoms with van der Waals surface area (Å²) in [6, 6.07) is 8.91. The number of halogens is 1. The molecule has 1 atom stereocenters. The largest absolute Gasteiger partial charge is 0.396 e. The Hall–Kier alpha value is -3.07. The summed E-state index contributed by atoms with van der Waals surface area (Å²) in [4.78, 5) is 28.6. The highest BCUT2D eigenvalue weighted by Crippen LogP contribution is 2.31. The molecular formula is C31H39FN4O3. The molecule has 208 valence electrons. The zero-order valence-electron chi connectivity index (χ0n) is 23.1. The fraction of sp³-hybridized carbons (Fsp3) is 0.484. The average Bonchev–Trinajstić information content (AvgIpc) is 3.72. The molecule has 0 radical (unpaired) electrons. The number of aromatic nitrogens is 1. The van der Waals surface area contributed by atoms with Gasteiger partial charge in [-0.2, -0.15) is 0 Å². The summed E-state index contributed by atoms with van der Waals surface area (Å²) in [5.74, 6) is -0.701. The van der Waals surface area contributed by atoms with E-state index in [4.69, 9.17) is 5.73 Å². The zero-order valence-corrected chi connectivity index (χ0v) is 23.1. The predicted molar refractivity (Wildman–Crippen MR) is 152 cm³/mol. The summed E-state index contributed by atoms with van der Waals surface area (Å²) in [6.45, 7) is 8.26. The molecule has 8 heteroatoms. The first-order valence-corrected chi connectivity index (χ1v) is 13.9. The molecule has 0 bridgehead atoms. The number of aliphatic hydroxyl groups is 1. The van der Waals surface area contributed by atoms with Crippen LogP contribution in [-0.2, 0) is 13.1 Å². The molecule has 0 spiro atoms. The highest BCUT2D eigenvalue weighted by molar-refractivity contribution is 5.97. The second-order valence-corrected chi connectivity index (χ2v) is 12.2. The molecule has 1 aliphatic carbocycles. The number of aliphatic hydroxyl groups excluding tert-OH is 1. The topological polar surface area (TPSA) is 101 Å². The van der Waals surface area contributed by atoms with Crippen LogP contribution in [0.2, 0.25) is 0 Å². The third-order valence-electron chi connectivity index (χ3n) is 7.96. The minimum Gasteiger partial charge on any atom is -0.396 e. The summed E-state index contributed by atoms with van der Waals surface area (Å²) in [5, 5.41) is 14.2. The molecule has 1 aromatic heterocycles. The molecule has 7 nitrogen and oxygen atoms in total. The minimum atomic E-state index is -0.460. The van der Waals surface area contributed by atoms with Crippen LogP contribution < -0.4 is 16.6 Å². The molecule has 39 heavy (non-hydrogen) atoms. The van der Waals surface area contributed by atoms with Crippen LogP contribution >= 0.6 is 0 Å². The van der Waals surface area contributed by atoms with Crippen LogP contribution in [0.15, 0.2) is 41.3 Å². The van der Waals surface area contributed by atoms with Crippen molar-refractivity contribution >= 4 is 16.7 Å². The monoisotopic (exact) mass is 534 g/mol. The van der Waals surface area contributed by atoms with E-state index in [0.29, 0.717) is 35.2 Å². The molecule has 2 aliphatic rings. The Morgan fingerprint density at radius 2 is 1.95 bits per heavy atom. The Labute approximate surface area is 228 Å². The van der Waals surface area contributed by atoms with Crippen molar-refractivity contribution in [3.8, 4) is 11.1 Å². The van der Waals surface area contributed by atoms with Gasteiger partial charge in [-0.25, -0.2) is 4.39 Å². The first-order chi connectivity index (χ1) is 18.5. The predicted octanol–water partition coefficient (Wildman–Crippen LogP) is 3.95. The van der Waals surface area contributed by atoms with Crippen LogP contribution in [0.5, 0.6) is 0 Å². The van der Waals surface area contributed by atoms with E-state index in [9.17, 15) is 14.7 Å². The van der Waals surface area contributed by atoms with Gasteiger partial charge < -0.3 is 20.7 Å². The van der Waals surface area contributed by atoms with E-state index in [2.05, 4.69) is 10.2 Å². The summed E-state index contributed by atoms with van der Waals surface area (Å²) in [6.07, 6.45) is 5.83. The molecule has 1 unspecified atom stereocenters. The van der Waals surface area contributed by atoms with Crippen molar-refractivity contribution in [1.29, 1.82) is 0 Å². The fourth-order valence-electron chi connectivity index (χ4n) is 5.47. The molecule has 2 heterocycles. The van der Waals surface area contributed by atoms with Crippen LogP contribution in [0.1, 0.15) is 61.0 Å². The molecular weight excluding hydrogens is 495 g/mol. The van der Waals surface area contributed by atoms with Crippen molar-refractivity contribution in [2.24, 2.45) is 11.1 Å². The van der Waals surface area contributed by atoms with Crippen molar-refractivity contribution < 1.29 is 14.3 Å². The van der Waals surface area contributed by atoms with E-state index >= 15 is 4.39 Å². The van der Waals surface area contributed by atoms with Crippen LogP contribution in [0, 0.1) is 18.2 Å². The fourth-order valence-corrected chi connectivity index (χ4v) is 5.47. The molecule has 4 N–H and O–H groups in total. The second-order valence-electron chi connectivity index (χ2n) is 12.2. The maximum atomic E-state index is 15.0. The molecule has 5 rings (SSSR count). The van der Waals surface area contributed by atoms with Crippen LogP contribution in [-0.4, -0.2) is 52.3 Å². The number of amides is 1. The van der Waals surface area contributed by atoms with Gasteiger partial charge in [-0.15, -0.1) is 0 Å². The third-order valence-corrected chi connectivity index (χ3v) is 7.96. The van der Waals surface area contributed by atoms with Crippen molar-refractivity contribution in [3.63, 3.8) is 0 Å². The van der Waals surface area contributed by atoms with Crippen LogP contribution in [0.4, 0.5) is 4.39 Å². The number of rotatable bonds is 8. The summed E-state index contributed by atoms with van der Waals surface area (Å²) in [5.41, 5.74) is 8.79. The lowest BCUT2D eigenvalue weighted by Gasteiger charge is -2.31. The zero-order chi connectivity index (χ0) is 27.9. The number of likely N-dealkylation sites (tertiary alicyclic amines) is 1. The third kappa shape index (κ3) is 6.08. The van der Waals surface area contributed by atoms with Gasteiger partial charge in [0.05, 0.1) is 0 Å². The first-order valence-electron chi connectivity index (χ1n) is 13.9. The minimum absolute atomic E-state index is 0.0395. The standard InChI is InChI=1S/C31H39FN4O3/c1-19-26(12-21(13-28(19)32)29(38)34-24-7-8-24)20-6-9-25-27(11-20)22(14-35-10-4-5-23(33)16-35)15-36(30(25)39)17-31(2,3)18-37/h6,9,11-13,15,23-24,37H,4-5,7-8,10,14,16-18,33H2,1-3H3,(H,34,38). The maximum absolute atomic E-state index is 15.0. The normalized spacial score (nSPS) is 18.5. The Balaban J connectivity index is 1.61. The van der Waals surface area contributed by atoms with E-state index in [-0.39, 0.29) is 30.2 Å². The van der Waals surface area contributed by atoms with Gasteiger partial charge in [0.15, 0.2) is 0 Å². The van der Waals surface area contributed by atoms with Gasteiger partial charge in [-0.1, -0.05) is 19.9 Å². The Morgan fingerprint density at radius 1 is 1.18 bits per heavy atom. The van der Waals surface area contributed by atoms with Crippen LogP contribution in [0.25, 0.3) is 21.9 Å². The lowest BCUT2D eigenvalue weighted by atomic mass is 9.93. The molecule has 1 saturated heterocycles. The molecule has 1 aliphatic heterocycles. The number of pyridine rings is 1. The van der Waals surface area contributed by atoms with E-state index < -0.39 is 11.2 Å². The van der Waals surface area contributed by atoms with E-state index in [1.165, 1.54) is 6.07 Å². The van der Waals surface area contributed by atoms with Crippen molar-refractivity contribution in [1.82, 2.24) is 14.8 Å². The highest BCUT2D eigenvalue weighted by Gasteiger charge is 2.25. The Bertz CT molecular complexity index is 1460. The highest BCUT2D eigenvalue weighted by atomic mass is 19.1. The van der Waals surface area contributed by atoms with E-state index in [0.717, 1.165) is 55.3 Å². The number of nitrogens with two attached hydrogens (primary N) is 1. The smallest absolute Gasteiger partial charge is 0.258 e. The molecule has 2 fully saturated rings. The Morgan fingerprint density at radius 3 is 2.64 bits per heavy atom. The van der Waals surface area contributed by atoms with Crippen molar-refractivity contribution in [2.75, 3.05) is 19.7 Å². The summed E-state index contributed by atoms with van der Waals surface area (Å²) in [7, 11) is 0. The molecule has 2 aromatic carbocycles. The maximum Gasteiger partial charge on any atom is 0.258 e. The Kier molecular flexibility index (Phi) is 7.64. The van der Waals surface area contributed by atoms with Gasteiger partial charge >= 0.3 is 0 Å². The number of hydrogen-bond acceptors (Lipinski definition) is 5. The van der Waals surface area contributed by atoms with Gasteiger partial charge in [-0.05, 0) is 91.1 Å². The van der Waals surface area contributed by atoms with E-state index in [1.54, 1.807) is 23.6 Å².